The summed E-state index contributed by atoms with van der Waals surface area (Å²) < 4.78 is 92.7. The lowest BCUT2D eigenvalue weighted by molar-refractivity contribution is -0.185. The van der Waals surface area contributed by atoms with Gasteiger partial charge >= 0.3 is 18.3 Å². The highest BCUT2D eigenvalue weighted by Crippen LogP contribution is 2.44. The molecule has 0 radical (unpaired) electrons. The fraction of sp³-hybridized carbons (Fsp3) is 0.633. The Kier molecular flexibility index (Phi) is 9.58. The Bertz CT molecular complexity index is 1160. The standard InChI is InChI=1S/C30H37F6NO3/c1-3-25(37-15-5-6-19(18-37)16-27(38)39-4-2)21-7-13-24-20(17-21)8-14-26(28(24)30(34,35)36)40-23-11-9-22(10-12-23)29(31,32)33/h7-8,13-14,17,19,22-23,25H,3-6,9-12,15-16,18H2,1-2H3. The number of carbonyl (C=O) groups excluding carboxylic acids is 1. The number of ether oxygens (including phenoxy) is 2. The van der Waals surface area contributed by atoms with Crippen molar-refractivity contribution in [3.8, 4) is 5.75 Å². The van der Waals surface area contributed by atoms with Crippen LogP contribution >= 0.6 is 0 Å². The number of carbonyl (C=O) groups is 1. The molecule has 40 heavy (non-hydrogen) atoms. The van der Waals surface area contributed by atoms with Crippen molar-refractivity contribution in [2.45, 2.75) is 89.7 Å². The molecule has 1 aliphatic carbocycles. The lowest BCUT2D eigenvalue weighted by Gasteiger charge is -2.38. The van der Waals surface area contributed by atoms with Crippen LogP contribution in [0.5, 0.6) is 5.75 Å². The second kappa shape index (κ2) is 12.6. The number of hydrogen-bond donors (Lipinski definition) is 0. The molecule has 2 aliphatic rings. The van der Waals surface area contributed by atoms with Gasteiger partial charge in [0.25, 0.3) is 0 Å². The molecule has 2 atom stereocenters. The van der Waals surface area contributed by atoms with Gasteiger partial charge in [0.15, 0.2) is 0 Å². The van der Waals surface area contributed by atoms with Crippen molar-refractivity contribution in [3.63, 3.8) is 0 Å². The third-order valence-corrected chi connectivity index (χ3v) is 8.24. The Hall–Kier alpha value is -2.49. The maximum atomic E-state index is 14.3. The van der Waals surface area contributed by atoms with Gasteiger partial charge in [-0.05, 0) is 92.8 Å². The number of nitrogens with zero attached hydrogens (tertiary/aromatic N) is 1. The van der Waals surface area contributed by atoms with Crippen molar-refractivity contribution in [3.05, 3.63) is 41.5 Å². The lowest BCUT2D eigenvalue weighted by Crippen LogP contribution is -2.39. The van der Waals surface area contributed by atoms with Crippen LogP contribution in [0, 0.1) is 11.8 Å². The van der Waals surface area contributed by atoms with E-state index in [9.17, 15) is 31.1 Å². The molecule has 10 heteroatoms. The van der Waals surface area contributed by atoms with Crippen LogP contribution in [0.3, 0.4) is 0 Å². The van der Waals surface area contributed by atoms with Gasteiger partial charge in [-0.15, -0.1) is 0 Å². The van der Waals surface area contributed by atoms with E-state index in [1.54, 1.807) is 25.1 Å². The number of esters is 1. The van der Waals surface area contributed by atoms with Crippen LogP contribution in [-0.4, -0.2) is 42.8 Å². The minimum Gasteiger partial charge on any atom is -0.490 e. The molecule has 1 saturated heterocycles. The van der Waals surface area contributed by atoms with Crippen molar-refractivity contribution in [2.75, 3.05) is 19.7 Å². The summed E-state index contributed by atoms with van der Waals surface area (Å²) in [5.74, 6) is -1.81. The molecule has 4 rings (SSSR count). The highest BCUT2D eigenvalue weighted by atomic mass is 19.4. The number of benzene rings is 2. The van der Waals surface area contributed by atoms with Gasteiger partial charge in [-0.1, -0.05) is 25.1 Å². The number of alkyl halides is 6. The molecule has 2 aromatic carbocycles. The summed E-state index contributed by atoms with van der Waals surface area (Å²) in [5.41, 5.74) is 0.00840. The monoisotopic (exact) mass is 573 g/mol. The highest BCUT2D eigenvalue weighted by Gasteiger charge is 2.43. The van der Waals surface area contributed by atoms with Gasteiger partial charge in [0.2, 0.25) is 0 Å². The number of hydrogen-bond acceptors (Lipinski definition) is 4. The molecular weight excluding hydrogens is 536 g/mol. The zero-order chi connectivity index (χ0) is 29.1. The lowest BCUT2D eigenvalue weighted by atomic mass is 9.87. The molecule has 4 nitrogen and oxygen atoms in total. The third kappa shape index (κ3) is 7.22. The second-order valence-corrected chi connectivity index (χ2v) is 11.0. The molecule has 2 aromatic rings. The van der Waals surface area contributed by atoms with E-state index in [1.165, 1.54) is 12.1 Å². The van der Waals surface area contributed by atoms with E-state index in [4.69, 9.17) is 9.47 Å². The van der Waals surface area contributed by atoms with E-state index >= 15 is 0 Å². The van der Waals surface area contributed by atoms with Gasteiger partial charge in [-0.3, -0.25) is 9.69 Å². The Morgan fingerprint density at radius 2 is 1.73 bits per heavy atom. The molecule has 2 unspecified atom stereocenters. The first-order valence-electron chi connectivity index (χ1n) is 14.2. The van der Waals surface area contributed by atoms with Gasteiger partial charge in [-0.2, -0.15) is 26.3 Å². The van der Waals surface area contributed by atoms with Crippen LogP contribution in [0.1, 0.15) is 82.4 Å². The number of fused-ring (bicyclic) bond motifs is 1. The molecule has 0 N–H and O–H groups in total. The Morgan fingerprint density at radius 3 is 2.35 bits per heavy atom. The van der Waals surface area contributed by atoms with E-state index in [2.05, 4.69) is 4.90 Å². The molecule has 1 heterocycles. The molecule has 1 aliphatic heterocycles. The minimum atomic E-state index is -4.70. The topological polar surface area (TPSA) is 38.8 Å². The van der Waals surface area contributed by atoms with Crippen LogP contribution in [0.2, 0.25) is 0 Å². The maximum Gasteiger partial charge on any atom is 0.420 e. The van der Waals surface area contributed by atoms with Crippen LogP contribution < -0.4 is 4.74 Å². The van der Waals surface area contributed by atoms with E-state index < -0.39 is 29.9 Å². The quantitative estimate of drug-likeness (QED) is 0.235. The van der Waals surface area contributed by atoms with Crippen LogP contribution in [0.25, 0.3) is 10.8 Å². The number of likely N-dealkylation sites (tertiary alicyclic amines) is 1. The second-order valence-electron chi connectivity index (χ2n) is 11.0. The highest BCUT2D eigenvalue weighted by molar-refractivity contribution is 5.89. The van der Waals surface area contributed by atoms with Crippen molar-refractivity contribution in [1.29, 1.82) is 0 Å². The van der Waals surface area contributed by atoms with Gasteiger partial charge < -0.3 is 9.47 Å². The van der Waals surface area contributed by atoms with Gasteiger partial charge in [0, 0.05) is 19.0 Å². The predicted molar refractivity (Wildman–Crippen MR) is 140 cm³/mol. The molecule has 0 bridgehead atoms. The van der Waals surface area contributed by atoms with Crippen molar-refractivity contribution in [1.82, 2.24) is 4.90 Å². The normalized spacial score (nSPS) is 23.6. The summed E-state index contributed by atoms with van der Waals surface area (Å²) in [4.78, 5) is 14.3. The summed E-state index contributed by atoms with van der Waals surface area (Å²) in [5, 5.41) is 0.433. The molecule has 0 spiro atoms. The third-order valence-electron chi connectivity index (χ3n) is 8.24. The Labute approximate surface area is 231 Å². The molecule has 222 valence electrons. The van der Waals surface area contributed by atoms with E-state index in [0.717, 1.165) is 31.4 Å². The Balaban J connectivity index is 1.55. The number of halogens is 6. The SMILES string of the molecule is CCOC(=O)CC1CCCN(C(CC)c2ccc3c(C(F)(F)F)c(OC4CCC(C(F)(F)F)CC4)ccc3c2)C1. The summed E-state index contributed by atoms with van der Waals surface area (Å²) in [6.07, 6.45) is -6.90. The maximum absolute atomic E-state index is 14.3. The largest absolute Gasteiger partial charge is 0.490 e. The van der Waals surface area contributed by atoms with Gasteiger partial charge in [0.1, 0.15) is 11.3 Å². The molecule has 2 fully saturated rings. The van der Waals surface area contributed by atoms with Crippen molar-refractivity contribution < 1.29 is 40.6 Å². The molecule has 0 amide bonds. The molecule has 1 saturated carbocycles. The number of piperidine rings is 1. The van der Waals surface area contributed by atoms with E-state index in [0.29, 0.717) is 25.0 Å². The van der Waals surface area contributed by atoms with Crippen LogP contribution in [0.15, 0.2) is 30.3 Å². The summed E-state index contributed by atoms with van der Waals surface area (Å²) in [6, 6.07) is 7.86. The fourth-order valence-corrected chi connectivity index (χ4v) is 6.32. The molecule has 0 aromatic heterocycles. The van der Waals surface area contributed by atoms with E-state index in [1.807, 2.05) is 6.92 Å². The average Bonchev–Trinajstić information content (AvgIpc) is 2.88. The molecular formula is C30H37F6NO3. The number of rotatable bonds is 8. The van der Waals surface area contributed by atoms with Crippen molar-refractivity contribution in [2.24, 2.45) is 11.8 Å². The fourth-order valence-electron chi connectivity index (χ4n) is 6.32. The van der Waals surface area contributed by atoms with Crippen molar-refractivity contribution >= 4 is 16.7 Å². The first kappa shape index (κ1) is 30.5. The minimum absolute atomic E-state index is 0.00594. The van der Waals surface area contributed by atoms with Gasteiger partial charge in [-0.25, -0.2) is 0 Å². The summed E-state index contributed by atoms with van der Waals surface area (Å²) in [6.45, 7) is 5.71. The zero-order valence-electron chi connectivity index (χ0n) is 22.9. The smallest absolute Gasteiger partial charge is 0.420 e. The van der Waals surface area contributed by atoms with Crippen LogP contribution in [-0.2, 0) is 15.7 Å². The summed E-state index contributed by atoms with van der Waals surface area (Å²) in [7, 11) is 0. The van der Waals surface area contributed by atoms with E-state index in [-0.39, 0.29) is 54.7 Å². The van der Waals surface area contributed by atoms with Crippen LogP contribution in [0.4, 0.5) is 26.3 Å². The first-order valence-corrected chi connectivity index (χ1v) is 14.2. The average molecular weight is 574 g/mol. The predicted octanol–water partition coefficient (Wildman–Crippen LogP) is 8.47. The Morgan fingerprint density at radius 1 is 1.00 bits per heavy atom. The summed E-state index contributed by atoms with van der Waals surface area (Å²) >= 11 is 0. The van der Waals surface area contributed by atoms with Gasteiger partial charge in [0.05, 0.1) is 18.6 Å². The zero-order valence-corrected chi connectivity index (χ0v) is 22.9. The first-order chi connectivity index (χ1) is 18.9.